The van der Waals surface area contributed by atoms with Crippen LogP contribution in [0.2, 0.25) is 0 Å². The van der Waals surface area contributed by atoms with Gasteiger partial charge in [0.15, 0.2) is 6.10 Å². The zero-order valence-electron chi connectivity index (χ0n) is 24.9. The van der Waals surface area contributed by atoms with Gasteiger partial charge in [0.05, 0.1) is 13.2 Å². The van der Waals surface area contributed by atoms with E-state index < -0.39 is 32.5 Å². The standard InChI is InChI=1S/C29H58NO8P/c1-3-5-7-8-9-10-11-12-13-14-15-16-17-18-19-20-22-29(32)38-27(25-35-28(31)21-6-4-2)26-37-39(33,34)36-24-23-30/h27H,3-26,30H2,1-2H3,(H,33,34). The maximum atomic E-state index is 12.3. The SMILES string of the molecule is CCCCCCCCCCCCCCCCCCC(=O)OC(COC(=O)CCCC)COP(=O)(O)OCCN. The molecule has 10 heteroatoms. The van der Waals surface area contributed by atoms with Crippen LogP contribution in [-0.2, 0) is 32.7 Å². The Balaban J connectivity index is 4.01. The van der Waals surface area contributed by atoms with E-state index >= 15 is 0 Å². The van der Waals surface area contributed by atoms with Crippen molar-refractivity contribution in [2.24, 2.45) is 5.73 Å². The van der Waals surface area contributed by atoms with Crippen LogP contribution in [-0.4, -0.2) is 49.3 Å². The molecule has 9 nitrogen and oxygen atoms in total. The summed E-state index contributed by atoms with van der Waals surface area (Å²) in [7, 11) is -4.34. The number of carbonyl (C=O) groups excluding carboxylic acids is 2. The van der Waals surface area contributed by atoms with Gasteiger partial charge in [-0.1, -0.05) is 117 Å². The molecule has 0 saturated carbocycles. The lowest BCUT2D eigenvalue weighted by Gasteiger charge is -2.19. The van der Waals surface area contributed by atoms with Gasteiger partial charge in [-0.25, -0.2) is 4.57 Å². The van der Waals surface area contributed by atoms with E-state index in [0.717, 1.165) is 19.3 Å². The van der Waals surface area contributed by atoms with Crippen molar-refractivity contribution in [3.8, 4) is 0 Å². The van der Waals surface area contributed by atoms with Gasteiger partial charge in [-0.2, -0.15) is 0 Å². The lowest BCUT2D eigenvalue weighted by atomic mass is 10.0. The van der Waals surface area contributed by atoms with Crippen molar-refractivity contribution in [1.29, 1.82) is 0 Å². The van der Waals surface area contributed by atoms with Gasteiger partial charge in [0.25, 0.3) is 0 Å². The van der Waals surface area contributed by atoms with Crippen molar-refractivity contribution in [1.82, 2.24) is 0 Å². The predicted molar refractivity (Wildman–Crippen MR) is 155 cm³/mol. The summed E-state index contributed by atoms with van der Waals surface area (Å²) in [5.74, 6) is -0.864. The first-order valence-electron chi connectivity index (χ1n) is 15.5. The zero-order chi connectivity index (χ0) is 29.0. The van der Waals surface area contributed by atoms with E-state index in [2.05, 4.69) is 6.92 Å². The average Bonchev–Trinajstić information content (AvgIpc) is 2.92. The molecule has 0 rings (SSSR count). The van der Waals surface area contributed by atoms with Gasteiger partial charge in [-0.05, 0) is 12.8 Å². The number of unbranched alkanes of at least 4 members (excludes halogenated alkanes) is 16. The second kappa shape index (κ2) is 27.2. The summed E-state index contributed by atoms with van der Waals surface area (Å²) < 4.78 is 32.0. The number of phosphoric acid groups is 1. The van der Waals surface area contributed by atoms with E-state index in [4.69, 9.17) is 24.3 Å². The number of nitrogens with two attached hydrogens (primary N) is 1. The zero-order valence-corrected chi connectivity index (χ0v) is 25.8. The second-order valence-electron chi connectivity index (χ2n) is 10.3. The molecule has 0 amide bonds. The molecule has 0 radical (unpaired) electrons. The molecule has 0 aromatic rings. The van der Waals surface area contributed by atoms with Crippen molar-refractivity contribution in [3.63, 3.8) is 0 Å². The van der Waals surface area contributed by atoms with Crippen LogP contribution in [0.15, 0.2) is 0 Å². The molecular formula is C29H58NO8P. The van der Waals surface area contributed by atoms with Crippen LogP contribution in [0.1, 0.15) is 142 Å². The largest absolute Gasteiger partial charge is 0.472 e. The first kappa shape index (κ1) is 38.0. The summed E-state index contributed by atoms with van der Waals surface area (Å²) in [5, 5.41) is 0. The van der Waals surface area contributed by atoms with E-state index in [1.54, 1.807) is 0 Å². The predicted octanol–water partition coefficient (Wildman–Crippen LogP) is 7.38. The second-order valence-corrected chi connectivity index (χ2v) is 11.8. The Morgan fingerprint density at radius 1 is 0.667 bits per heavy atom. The molecule has 0 saturated heterocycles. The Morgan fingerprint density at radius 3 is 1.62 bits per heavy atom. The number of esters is 2. The molecule has 0 aliphatic heterocycles. The number of hydrogen-bond acceptors (Lipinski definition) is 8. The first-order chi connectivity index (χ1) is 18.8. The van der Waals surface area contributed by atoms with Gasteiger partial charge in [0, 0.05) is 19.4 Å². The summed E-state index contributed by atoms with van der Waals surface area (Å²) in [6.45, 7) is 3.45. The fourth-order valence-electron chi connectivity index (χ4n) is 4.14. The highest BCUT2D eigenvalue weighted by molar-refractivity contribution is 7.47. The van der Waals surface area contributed by atoms with Gasteiger partial charge in [0.2, 0.25) is 0 Å². The van der Waals surface area contributed by atoms with Crippen LogP contribution < -0.4 is 5.73 Å². The molecule has 0 heterocycles. The van der Waals surface area contributed by atoms with Crippen LogP contribution in [0, 0.1) is 0 Å². The van der Waals surface area contributed by atoms with Gasteiger partial charge < -0.3 is 20.1 Å². The molecule has 0 fully saturated rings. The summed E-state index contributed by atoms with van der Waals surface area (Å²) in [4.78, 5) is 33.8. The fraction of sp³-hybridized carbons (Fsp3) is 0.931. The van der Waals surface area contributed by atoms with Crippen molar-refractivity contribution < 1.29 is 37.6 Å². The molecular weight excluding hydrogens is 521 g/mol. The molecule has 0 aliphatic carbocycles. The summed E-state index contributed by atoms with van der Waals surface area (Å²) in [6.07, 6.45) is 21.1. The van der Waals surface area contributed by atoms with Crippen molar-refractivity contribution in [2.45, 2.75) is 148 Å². The van der Waals surface area contributed by atoms with E-state index in [1.165, 1.54) is 83.5 Å². The summed E-state index contributed by atoms with van der Waals surface area (Å²) >= 11 is 0. The number of phosphoric ester groups is 1. The van der Waals surface area contributed by atoms with Gasteiger partial charge in [-0.3, -0.25) is 18.6 Å². The van der Waals surface area contributed by atoms with Gasteiger partial charge in [-0.15, -0.1) is 0 Å². The molecule has 232 valence electrons. The number of carbonyl (C=O) groups is 2. The summed E-state index contributed by atoms with van der Waals surface area (Å²) in [6, 6.07) is 0. The van der Waals surface area contributed by atoms with Gasteiger partial charge in [0.1, 0.15) is 6.61 Å². The number of ether oxygens (including phenoxy) is 2. The Kier molecular flexibility index (Phi) is 26.5. The highest BCUT2D eigenvalue weighted by Gasteiger charge is 2.25. The van der Waals surface area contributed by atoms with Crippen molar-refractivity contribution in [3.05, 3.63) is 0 Å². The first-order valence-corrected chi connectivity index (χ1v) is 17.0. The minimum Gasteiger partial charge on any atom is -0.462 e. The third-order valence-corrected chi connectivity index (χ3v) is 7.48. The Hall–Kier alpha value is -0.990. The Labute approximate surface area is 237 Å². The van der Waals surface area contributed by atoms with E-state index in [-0.39, 0.29) is 32.6 Å². The monoisotopic (exact) mass is 579 g/mol. The van der Waals surface area contributed by atoms with Crippen LogP contribution >= 0.6 is 7.82 Å². The third kappa shape index (κ3) is 27.0. The highest BCUT2D eigenvalue weighted by atomic mass is 31.2. The van der Waals surface area contributed by atoms with E-state index in [0.29, 0.717) is 12.8 Å². The lowest BCUT2D eigenvalue weighted by molar-refractivity contribution is -0.161. The molecule has 0 aromatic heterocycles. The van der Waals surface area contributed by atoms with Crippen molar-refractivity contribution >= 4 is 19.8 Å². The minimum atomic E-state index is -4.34. The Bertz CT molecular complexity index is 634. The molecule has 0 bridgehead atoms. The van der Waals surface area contributed by atoms with E-state index in [1.807, 2.05) is 6.92 Å². The molecule has 0 aliphatic rings. The van der Waals surface area contributed by atoms with Gasteiger partial charge >= 0.3 is 19.8 Å². The molecule has 2 atom stereocenters. The maximum absolute atomic E-state index is 12.3. The normalized spacial score (nSPS) is 13.6. The van der Waals surface area contributed by atoms with E-state index in [9.17, 15) is 19.0 Å². The van der Waals surface area contributed by atoms with Crippen LogP contribution in [0.3, 0.4) is 0 Å². The fourth-order valence-corrected chi connectivity index (χ4v) is 4.91. The molecule has 3 N–H and O–H groups in total. The highest BCUT2D eigenvalue weighted by Crippen LogP contribution is 2.43. The van der Waals surface area contributed by atoms with Crippen molar-refractivity contribution in [2.75, 3.05) is 26.4 Å². The topological polar surface area (TPSA) is 134 Å². The number of rotatable bonds is 29. The molecule has 0 spiro atoms. The Morgan fingerprint density at radius 2 is 1.13 bits per heavy atom. The quantitative estimate of drug-likeness (QED) is 0.0529. The van der Waals surface area contributed by atoms with Crippen LogP contribution in [0.5, 0.6) is 0 Å². The van der Waals surface area contributed by atoms with Crippen LogP contribution in [0.25, 0.3) is 0 Å². The molecule has 39 heavy (non-hydrogen) atoms. The average molecular weight is 580 g/mol. The lowest BCUT2D eigenvalue weighted by Crippen LogP contribution is -2.29. The van der Waals surface area contributed by atoms with Crippen LogP contribution in [0.4, 0.5) is 0 Å². The molecule has 0 aromatic carbocycles. The maximum Gasteiger partial charge on any atom is 0.472 e. The molecule has 2 unspecified atom stereocenters. The smallest absolute Gasteiger partial charge is 0.462 e. The summed E-state index contributed by atoms with van der Waals surface area (Å²) in [5.41, 5.74) is 5.27. The third-order valence-electron chi connectivity index (χ3n) is 6.49. The minimum absolute atomic E-state index is 0.0562. The number of hydrogen-bond donors (Lipinski definition) is 2.